The first kappa shape index (κ1) is 20.9. The predicted octanol–water partition coefficient (Wildman–Crippen LogP) is 6.41. The van der Waals surface area contributed by atoms with Crippen molar-refractivity contribution in [3.8, 4) is 11.5 Å². The molecule has 1 aliphatic rings. The van der Waals surface area contributed by atoms with Gasteiger partial charge in [-0.25, -0.2) is 0 Å². The van der Waals surface area contributed by atoms with E-state index in [4.69, 9.17) is 32.7 Å². The number of nitro groups is 1. The quantitative estimate of drug-likeness (QED) is 0.252. The van der Waals surface area contributed by atoms with Crippen molar-refractivity contribution in [2.45, 2.75) is 13.5 Å². The Kier molecular flexibility index (Phi) is 5.67. The molecule has 0 saturated heterocycles. The van der Waals surface area contributed by atoms with Crippen LogP contribution in [0.25, 0.3) is 6.08 Å². The van der Waals surface area contributed by atoms with Gasteiger partial charge >= 0.3 is 0 Å². The monoisotopic (exact) mass is 455 g/mol. The summed E-state index contributed by atoms with van der Waals surface area (Å²) in [5.74, 6) is 0.952. The van der Waals surface area contributed by atoms with Crippen LogP contribution in [0.3, 0.4) is 0 Å². The molecule has 0 atom stereocenters. The number of halogens is 2. The molecule has 0 aliphatic carbocycles. The molecule has 0 unspecified atom stereocenters. The van der Waals surface area contributed by atoms with E-state index in [1.807, 2.05) is 0 Å². The Bertz CT molecular complexity index is 1240. The average molecular weight is 456 g/mol. The summed E-state index contributed by atoms with van der Waals surface area (Å²) in [5, 5.41) is 11.6. The van der Waals surface area contributed by atoms with Crippen LogP contribution in [-0.2, 0) is 6.61 Å². The van der Waals surface area contributed by atoms with Crippen molar-refractivity contribution in [2.24, 2.45) is 0 Å². The molecule has 0 bridgehead atoms. The number of hydrogen-bond acceptors (Lipinski definition) is 5. The number of Topliss-reactive ketones (excluding diaryl/α,β-unsaturated/α-hetero) is 1. The lowest BCUT2D eigenvalue weighted by atomic mass is 10.1. The van der Waals surface area contributed by atoms with Crippen LogP contribution in [0.4, 0.5) is 5.69 Å². The second kappa shape index (κ2) is 8.41. The fourth-order valence-corrected chi connectivity index (χ4v) is 3.46. The number of nitrogens with zero attached hydrogens (tertiary/aromatic N) is 1. The van der Waals surface area contributed by atoms with Gasteiger partial charge in [0.15, 0.2) is 5.76 Å². The van der Waals surface area contributed by atoms with Crippen LogP contribution in [0.15, 0.2) is 60.4 Å². The maximum atomic E-state index is 12.7. The second-order valence-corrected chi connectivity index (χ2v) is 7.71. The Morgan fingerprint density at radius 3 is 2.48 bits per heavy atom. The van der Waals surface area contributed by atoms with Crippen LogP contribution in [0.2, 0.25) is 10.0 Å². The van der Waals surface area contributed by atoms with Gasteiger partial charge < -0.3 is 9.47 Å². The van der Waals surface area contributed by atoms with Gasteiger partial charge in [0, 0.05) is 17.7 Å². The lowest BCUT2D eigenvalue weighted by Crippen LogP contribution is -1.99. The molecular weight excluding hydrogens is 441 g/mol. The van der Waals surface area contributed by atoms with E-state index in [2.05, 4.69) is 0 Å². The molecule has 31 heavy (non-hydrogen) atoms. The molecule has 8 heteroatoms. The molecule has 0 amide bonds. The maximum Gasteiger partial charge on any atom is 0.269 e. The summed E-state index contributed by atoms with van der Waals surface area (Å²) in [5.41, 5.74) is 2.63. The first-order chi connectivity index (χ1) is 14.8. The number of benzene rings is 3. The van der Waals surface area contributed by atoms with Gasteiger partial charge in [0.2, 0.25) is 5.78 Å². The highest BCUT2D eigenvalue weighted by Crippen LogP contribution is 2.39. The minimum atomic E-state index is -0.452. The summed E-state index contributed by atoms with van der Waals surface area (Å²) in [7, 11) is 0. The Labute approximate surface area is 187 Å². The van der Waals surface area contributed by atoms with Crippen molar-refractivity contribution in [1.82, 2.24) is 0 Å². The van der Waals surface area contributed by atoms with Gasteiger partial charge in [0.05, 0.1) is 20.5 Å². The van der Waals surface area contributed by atoms with Crippen molar-refractivity contribution in [2.75, 3.05) is 0 Å². The molecule has 0 radical (unpaired) electrons. The van der Waals surface area contributed by atoms with E-state index in [1.54, 1.807) is 55.5 Å². The number of nitro benzene ring substituents is 1. The molecule has 6 nitrogen and oxygen atoms in total. The van der Waals surface area contributed by atoms with E-state index in [0.29, 0.717) is 38.2 Å². The van der Waals surface area contributed by atoms with Gasteiger partial charge in [-0.3, -0.25) is 14.9 Å². The zero-order valence-electron chi connectivity index (χ0n) is 16.2. The largest absolute Gasteiger partial charge is 0.488 e. The number of ether oxygens (including phenoxy) is 2. The molecule has 4 rings (SSSR count). The maximum absolute atomic E-state index is 12.7. The number of allylic oxidation sites excluding steroid dienone is 1. The third-order valence-electron chi connectivity index (χ3n) is 4.82. The average Bonchev–Trinajstić information content (AvgIpc) is 3.07. The first-order valence-electron chi connectivity index (χ1n) is 9.22. The molecule has 0 fully saturated rings. The lowest BCUT2D eigenvalue weighted by Gasteiger charge is -2.11. The Hall–Kier alpha value is -3.35. The molecule has 0 aromatic heterocycles. The first-order valence-corrected chi connectivity index (χ1v) is 9.98. The summed E-state index contributed by atoms with van der Waals surface area (Å²) in [6.45, 7) is 2.02. The highest BCUT2D eigenvalue weighted by molar-refractivity contribution is 6.42. The van der Waals surface area contributed by atoms with E-state index in [-0.39, 0.29) is 23.8 Å². The van der Waals surface area contributed by atoms with Crippen LogP contribution in [0, 0.1) is 17.0 Å². The molecule has 0 spiro atoms. The molecule has 3 aromatic carbocycles. The van der Waals surface area contributed by atoms with E-state index in [1.165, 1.54) is 12.1 Å². The zero-order valence-corrected chi connectivity index (χ0v) is 17.7. The highest BCUT2D eigenvalue weighted by atomic mass is 35.5. The van der Waals surface area contributed by atoms with Gasteiger partial charge in [-0.05, 0) is 60.5 Å². The zero-order chi connectivity index (χ0) is 22.1. The number of rotatable bonds is 5. The Morgan fingerprint density at radius 2 is 1.81 bits per heavy atom. The van der Waals surface area contributed by atoms with Crippen LogP contribution in [-0.4, -0.2) is 10.7 Å². The van der Waals surface area contributed by atoms with Crippen LogP contribution in [0.1, 0.15) is 27.0 Å². The normalized spacial score (nSPS) is 13.8. The standard InChI is InChI=1S/C23H15Cl2NO5/c1-13-20(30-12-14-2-5-16(6-3-14)26(28)29)9-7-17-22(27)21(31-23(13)17)11-15-4-8-18(24)19(25)10-15/h2-11H,12H2,1H3/b21-11-. The summed E-state index contributed by atoms with van der Waals surface area (Å²) in [4.78, 5) is 23.0. The van der Waals surface area contributed by atoms with Crippen molar-refractivity contribution in [3.05, 3.63) is 103 Å². The summed E-state index contributed by atoms with van der Waals surface area (Å²) in [6, 6.07) is 14.5. The number of carbonyl (C=O) groups excluding carboxylic acids is 1. The van der Waals surface area contributed by atoms with Crippen molar-refractivity contribution in [1.29, 1.82) is 0 Å². The van der Waals surface area contributed by atoms with Crippen LogP contribution >= 0.6 is 23.2 Å². The number of hydrogen-bond donors (Lipinski definition) is 0. The van der Waals surface area contributed by atoms with Crippen molar-refractivity contribution >= 4 is 40.7 Å². The SMILES string of the molecule is Cc1c(OCc2ccc([N+](=O)[O-])cc2)ccc2c1O/C(=C\c1ccc(Cl)c(Cl)c1)C2=O. The molecular formula is C23H15Cl2NO5. The smallest absolute Gasteiger partial charge is 0.269 e. The topological polar surface area (TPSA) is 78.7 Å². The summed E-state index contributed by atoms with van der Waals surface area (Å²) >= 11 is 12.0. The van der Waals surface area contributed by atoms with Gasteiger partial charge in [-0.2, -0.15) is 0 Å². The molecule has 3 aromatic rings. The number of ketones is 1. The van der Waals surface area contributed by atoms with Crippen LogP contribution in [0.5, 0.6) is 11.5 Å². The summed E-state index contributed by atoms with van der Waals surface area (Å²) < 4.78 is 11.7. The van der Waals surface area contributed by atoms with Gasteiger partial charge in [-0.15, -0.1) is 0 Å². The van der Waals surface area contributed by atoms with E-state index in [0.717, 1.165) is 5.56 Å². The van der Waals surface area contributed by atoms with Crippen LogP contribution < -0.4 is 9.47 Å². The molecule has 156 valence electrons. The highest BCUT2D eigenvalue weighted by Gasteiger charge is 2.30. The predicted molar refractivity (Wildman–Crippen MR) is 118 cm³/mol. The molecule has 1 heterocycles. The van der Waals surface area contributed by atoms with E-state index in [9.17, 15) is 14.9 Å². The molecule has 0 N–H and O–H groups in total. The third kappa shape index (κ3) is 4.26. The van der Waals surface area contributed by atoms with Crippen molar-refractivity contribution < 1.29 is 19.2 Å². The Morgan fingerprint density at radius 1 is 1.06 bits per heavy atom. The van der Waals surface area contributed by atoms with Crippen molar-refractivity contribution in [3.63, 3.8) is 0 Å². The van der Waals surface area contributed by atoms with E-state index >= 15 is 0 Å². The van der Waals surface area contributed by atoms with Gasteiger partial charge in [0.25, 0.3) is 5.69 Å². The number of fused-ring (bicyclic) bond motifs is 1. The van der Waals surface area contributed by atoms with Gasteiger partial charge in [0.1, 0.15) is 18.1 Å². The van der Waals surface area contributed by atoms with E-state index < -0.39 is 4.92 Å². The fourth-order valence-electron chi connectivity index (χ4n) is 3.15. The second-order valence-electron chi connectivity index (χ2n) is 6.89. The lowest BCUT2D eigenvalue weighted by molar-refractivity contribution is -0.384. The number of carbonyl (C=O) groups is 1. The van der Waals surface area contributed by atoms with Gasteiger partial charge in [-0.1, -0.05) is 29.3 Å². The third-order valence-corrected chi connectivity index (χ3v) is 5.56. The fraction of sp³-hybridized carbons (Fsp3) is 0.0870. The minimum Gasteiger partial charge on any atom is -0.488 e. The molecule has 1 aliphatic heterocycles. The molecule has 0 saturated carbocycles. The summed E-state index contributed by atoms with van der Waals surface area (Å²) in [6.07, 6.45) is 1.61. The Balaban J connectivity index is 1.53. The minimum absolute atomic E-state index is 0.0191. The number of non-ortho nitro benzene ring substituents is 1.